The van der Waals surface area contributed by atoms with E-state index in [9.17, 15) is 0 Å². The fourth-order valence-corrected chi connectivity index (χ4v) is 2.90. The summed E-state index contributed by atoms with van der Waals surface area (Å²) in [6.07, 6.45) is 9.54. The molecule has 1 saturated carbocycles. The summed E-state index contributed by atoms with van der Waals surface area (Å²) in [5.41, 5.74) is 0.550. The molecule has 3 heteroatoms. The quantitative estimate of drug-likeness (QED) is 0.631. The molecule has 0 aliphatic heterocycles. The number of hydrogen-bond donors (Lipinski definition) is 1. The number of ether oxygens (including phenoxy) is 2. The Labute approximate surface area is 106 Å². The van der Waals surface area contributed by atoms with Crippen molar-refractivity contribution in [3.05, 3.63) is 0 Å². The summed E-state index contributed by atoms with van der Waals surface area (Å²) >= 11 is 0. The first-order valence-electron chi connectivity index (χ1n) is 7.02. The van der Waals surface area contributed by atoms with Gasteiger partial charge < -0.3 is 14.8 Å². The maximum Gasteiger partial charge on any atom is 0.0587 e. The van der Waals surface area contributed by atoms with Crippen LogP contribution >= 0.6 is 0 Å². The van der Waals surface area contributed by atoms with Crippen molar-refractivity contribution in [2.45, 2.75) is 44.9 Å². The maximum atomic E-state index is 5.27. The summed E-state index contributed by atoms with van der Waals surface area (Å²) in [4.78, 5) is 0. The van der Waals surface area contributed by atoms with Gasteiger partial charge in [-0.15, -0.1) is 0 Å². The second kappa shape index (κ2) is 8.90. The molecule has 17 heavy (non-hydrogen) atoms. The predicted octanol–water partition coefficient (Wildman–Crippen LogP) is 2.60. The molecule has 3 nitrogen and oxygen atoms in total. The van der Waals surface area contributed by atoms with Crippen LogP contribution in [0.3, 0.4) is 0 Å². The topological polar surface area (TPSA) is 30.5 Å². The number of rotatable bonds is 9. The summed E-state index contributed by atoms with van der Waals surface area (Å²) < 4.78 is 10.3. The minimum Gasteiger partial charge on any atom is -0.385 e. The van der Waals surface area contributed by atoms with Crippen molar-refractivity contribution in [3.63, 3.8) is 0 Å². The normalized spacial score (nSPS) is 19.4. The lowest BCUT2D eigenvalue weighted by Crippen LogP contribution is -2.31. The van der Waals surface area contributed by atoms with Crippen molar-refractivity contribution in [3.8, 4) is 0 Å². The lowest BCUT2D eigenvalue weighted by Gasteiger charge is -2.37. The average molecular weight is 243 g/mol. The Hall–Kier alpha value is -0.120. The van der Waals surface area contributed by atoms with E-state index in [0.717, 1.165) is 26.3 Å². The van der Waals surface area contributed by atoms with Gasteiger partial charge in [0.1, 0.15) is 0 Å². The van der Waals surface area contributed by atoms with Gasteiger partial charge in [0.2, 0.25) is 0 Å². The van der Waals surface area contributed by atoms with Crippen LogP contribution in [0.2, 0.25) is 0 Å². The smallest absolute Gasteiger partial charge is 0.0587 e. The van der Waals surface area contributed by atoms with Crippen LogP contribution in [-0.4, -0.2) is 40.5 Å². The lowest BCUT2D eigenvalue weighted by atomic mass is 9.70. The third-order valence-corrected chi connectivity index (χ3v) is 4.07. The lowest BCUT2D eigenvalue weighted by molar-refractivity contribution is 0.0939. The third kappa shape index (κ3) is 5.84. The van der Waals surface area contributed by atoms with Crippen LogP contribution in [0.25, 0.3) is 0 Å². The third-order valence-electron chi connectivity index (χ3n) is 4.07. The second-order valence-electron chi connectivity index (χ2n) is 5.30. The molecule has 1 aliphatic carbocycles. The van der Waals surface area contributed by atoms with E-state index in [1.165, 1.54) is 44.9 Å². The van der Waals surface area contributed by atoms with Crippen molar-refractivity contribution in [1.82, 2.24) is 5.32 Å². The van der Waals surface area contributed by atoms with E-state index in [0.29, 0.717) is 5.41 Å². The Morgan fingerprint density at radius 2 is 1.59 bits per heavy atom. The van der Waals surface area contributed by atoms with Gasteiger partial charge in [-0.25, -0.2) is 0 Å². The highest BCUT2D eigenvalue weighted by atomic mass is 16.5. The molecule has 0 aromatic rings. The van der Waals surface area contributed by atoms with Gasteiger partial charge in [0.05, 0.1) is 6.61 Å². The molecule has 1 aliphatic rings. The molecular formula is C14H29NO2. The van der Waals surface area contributed by atoms with E-state index in [1.807, 2.05) is 7.11 Å². The highest BCUT2D eigenvalue weighted by molar-refractivity contribution is 4.83. The van der Waals surface area contributed by atoms with Gasteiger partial charge in [0.15, 0.2) is 0 Å². The Bertz CT molecular complexity index is 179. The van der Waals surface area contributed by atoms with Crippen molar-refractivity contribution in [1.29, 1.82) is 0 Å². The van der Waals surface area contributed by atoms with Crippen molar-refractivity contribution in [2.75, 3.05) is 40.5 Å². The molecule has 1 rings (SSSR count). The standard InChI is InChI=1S/C14H29NO2/c1-16-12-9-14(6-4-3-5-7-14)8-10-15-11-13-17-2/h15H,3-13H2,1-2H3. The number of nitrogens with one attached hydrogen (secondary N) is 1. The Kier molecular flexibility index (Phi) is 7.82. The van der Waals surface area contributed by atoms with Gasteiger partial charge in [-0.05, 0) is 37.6 Å². The van der Waals surface area contributed by atoms with Crippen molar-refractivity contribution >= 4 is 0 Å². The summed E-state index contributed by atoms with van der Waals surface area (Å²) in [5, 5.41) is 3.47. The fraction of sp³-hybridized carbons (Fsp3) is 1.00. The molecule has 0 unspecified atom stereocenters. The van der Waals surface area contributed by atoms with Gasteiger partial charge in [0.25, 0.3) is 0 Å². The van der Waals surface area contributed by atoms with Crippen LogP contribution in [-0.2, 0) is 9.47 Å². The second-order valence-corrected chi connectivity index (χ2v) is 5.30. The highest BCUT2D eigenvalue weighted by Gasteiger charge is 2.30. The zero-order valence-corrected chi connectivity index (χ0v) is 11.6. The molecule has 0 saturated heterocycles. The van der Waals surface area contributed by atoms with Crippen LogP contribution in [0.1, 0.15) is 44.9 Å². The van der Waals surface area contributed by atoms with Gasteiger partial charge in [0, 0.05) is 27.4 Å². The van der Waals surface area contributed by atoms with Crippen LogP contribution in [0, 0.1) is 5.41 Å². The van der Waals surface area contributed by atoms with Crippen molar-refractivity contribution in [2.24, 2.45) is 5.41 Å². The van der Waals surface area contributed by atoms with E-state index in [4.69, 9.17) is 9.47 Å². The van der Waals surface area contributed by atoms with Crippen molar-refractivity contribution < 1.29 is 9.47 Å². The minimum absolute atomic E-state index is 0.550. The fourth-order valence-electron chi connectivity index (χ4n) is 2.90. The summed E-state index contributed by atoms with van der Waals surface area (Å²) in [6, 6.07) is 0. The van der Waals surface area contributed by atoms with Gasteiger partial charge in [-0.3, -0.25) is 0 Å². The molecule has 102 valence electrons. The number of hydrogen-bond acceptors (Lipinski definition) is 3. The molecule has 0 atom stereocenters. The van der Waals surface area contributed by atoms with E-state index < -0.39 is 0 Å². The number of methoxy groups -OCH3 is 2. The van der Waals surface area contributed by atoms with Gasteiger partial charge in [-0.2, -0.15) is 0 Å². The predicted molar refractivity (Wildman–Crippen MR) is 71.4 cm³/mol. The molecule has 0 heterocycles. The maximum absolute atomic E-state index is 5.27. The molecule has 0 aromatic heterocycles. The molecule has 0 bridgehead atoms. The molecule has 1 fully saturated rings. The highest BCUT2D eigenvalue weighted by Crippen LogP contribution is 2.41. The first kappa shape index (κ1) is 14.9. The molecular weight excluding hydrogens is 214 g/mol. The minimum atomic E-state index is 0.550. The summed E-state index contributed by atoms with van der Waals surface area (Å²) in [5.74, 6) is 0. The van der Waals surface area contributed by atoms with Gasteiger partial charge in [-0.1, -0.05) is 19.3 Å². The first-order valence-corrected chi connectivity index (χ1v) is 7.02. The van der Waals surface area contributed by atoms with E-state index in [-0.39, 0.29) is 0 Å². The molecule has 0 aromatic carbocycles. The molecule has 0 amide bonds. The molecule has 0 spiro atoms. The Morgan fingerprint density at radius 3 is 2.24 bits per heavy atom. The Balaban J connectivity index is 2.24. The SMILES string of the molecule is COCCNCCC1(CCOC)CCCCC1. The molecule has 0 radical (unpaired) electrons. The van der Waals surface area contributed by atoms with E-state index >= 15 is 0 Å². The van der Waals surface area contributed by atoms with Gasteiger partial charge >= 0.3 is 0 Å². The average Bonchev–Trinajstić information content (AvgIpc) is 2.37. The van der Waals surface area contributed by atoms with E-state index in [1.54, 1.807) is 7.11 Å². The summed E-state index contributed by atoms with van der Waals surface area (Å²) in [6.45, 7) is 3.81. The largest absolute Gasteiger partial charge is 0.385 e. The van der Waals surface area contributed by atoms with E-state index in [2.05, 4.69) is 5.32 Å². The summed E-state index contributed by atoms with van der Waals surface area (Å²) in [7, 11) is 3.57. The first-order chi connectivity index (χ1) is 8.33. The monoisotopic (exact) mass is 243 g/mol. The van der Waals surface area contributed by atoms with Crippen LogP contribution < -0.4 is 5.32 Å². The van der Waals surface area contributed by atoms with Crippen LogP contribution in [0.15, 0.2) is 0 Å². The van der Waals surface area contributed by atoms with Crippen LogP contribution in [0.4, 0.5) is 0 Å². The van der Waals surface area contributed by atoms with Crippen LogP contribution in [0.5, 0.6) is 0 Å². The zero-order valence-electron chi connectivity index (χ0n) is 11.6. The Morgan fingerprint density at radius 1 is 0.882 bits per heavy atom. The zero-order chi connectivity index (χ0) is 12.4. The molecule has 1 N–H and O–H groups in total.